The van der Waals surface area contributed by atoms with Gasteiger partial charge in [0.25, 0.3) is 0 Å². The Bertz CT molecular complexity index is 976. The molecule has 150 valence electrons. The molecule has 0 aliphatic carbocycles. The smallest absolute Gasteiger partial charge is 0.213 e. The first-order valence-electron chi connectivity index (χ1n) is 9.91. The number of hydrogen-bond donors (Lipinski definition) is 1. The van der Waals surface area contributed by atoms with Crippen LogP contribution in [0.1, 0.15) is 58.6 Å². The molecule has 1 N–H and O–H groups in total. The highest BCUT2D eigenvalue weighted by Gasteiger charge is 2.29. The minimum Gasteiger partial charge on any atom is -0.598 e. The summed E-state index contributed by atoms with van der Waals surface area (Å²) >= 11 is -1.16. The summed E-state index contributed by atoms with van der Waals surface area (Å²) in [5.41, 5.74) is 2.74. The number of hydrogen-bond acceptors (Lipinski definition) is 6. The maximum atomic E-state index is 12.6. The van der Waals surface area contributed by atoms with Gasteiger partial charge in [0.1, 0.15) is 11.1 Å². The van der Waals surface area contributed by atoms with Crippen LogP contribution in [0.25, 0.3) is 16.6 Å². The largest absolute Gasteiger partial charge is 0.598 e. The van der Waals surface area contributed by atoms with E-state index in [9.17, 15) is 4.55 Å². The molecule has 3 heterocycles. The Morgan fingerprint density at radius 3 is 2.64 bits per heavy atom. The number of aromatic nitrogens is 4. The van der Waals surface area contributed by atoms with Crippen LogP contribution in [0.5, 0.6) is 0 Å². The Morgan fingerprint density at radius 2 is 1.93 bits per heavy atom. The summed E-state index contributed by atoms with van der Waals surface area (Å²) < 4.78 is 17.5. The third-order valence-electron chi connectivity index (χ3n) is 5.23. The second kappa shape index (κ2) is 7.50. The lowest BCUT2D eigenvalue weighted by atomic mass is 10.1. The van der Waals surface area contributed by atoms with Crippen molar-refractivity contribution in [1.82, 2.24) is 24.3 Å². The number of rotatable bonds is 4. The normalized spacial score (nSPS) is 18.0. The molecular formula is C20H28N6OS. The predicted octanol–water partition coefficient (Wildman–Crippen LogP) is 3.38. The number of anilines is 1. The minimum atomic E-state index is -1.16. The third kappa shape index (κ3) is 3.56. The number of benzene rings is 1. The molecule has 1 fully saturated rings. The van der Waals surface area contributed by atoms with Gasteiger partial charge in [-0.3, -0.25) is 4.40 Å². The first-order valence-corrected chi connectivity index (χ1v) is 11.1. The van der Waals surface area contributed by atoms with Gasteiger partial charge < -0.3 is 9.45 Å². The molecule has 1 aliphatic heterocycles. The van der Waals surface area contributed by atoms with Crippen LogP contribution in [-0.2, 0) is 11.4 Å². The molecule has 0 unspecified atom stereocenters. The molecule has 0 radical (unpaired) electrons. The van der Waals surface area contributed by atoms with Crippen LogP contribution in [-0.4, -0.2) is 42.0 Å². The number of para-hydroxylation sites is 1. The molecule has 1 aromatic carbocycles. The molecule has 8 heteroatoms. The van der Waals surface area contributed by atoms with Crippen LogP contribution >= 0.6 is 0 Å². The highest BCUT2D eigenvalue weighted by Crippen LogP contribution is 2.30. The van der Waals surface area contributed by atoms with E-state index in [0.717, 1.165) is 41.2 Å². The molecule has 0 bridgehead atoms. The average molecular weight is 401 g/mol. The molecule has 1 saturated heterocycles. The van der Waals surface area contributed by atoms with Crippen LogP contribution in [0.2, 0.25) is 0 Å². The van der Waals surface area contributed by atoms with Gasteiger partial charge in [-0.25, -0.2) is 4.98 Å². The van der Waals surface area contributed by atoms with Gasteiger partial charge in [0.2, 0.25) is 5.95 Å². The fraction of sp³-hybridized carbons (Fsp3) is 0.550. The van der Waals surface area contributed by atoms with E-state index in [1.165, 1.54) is 19.3 Å². The highest BCUT2D eigenvalue weighted by atomic mass is 32.2. The predicted molar refractivity (Wildman–Crippen MR) is 114 cm³/mol. The Hall–Kier alpha value is -1.90. The Balaban J connectivity index is 1.82. The van der Waals surface area contributed by atoms with Gasteiger partial charge in [-0.15, -0.1) is 14.9 Å². The zero-order valence-corrected chi connectivity index (χ0v) is 17.8. The molecular weight excluding hydrogens is 372 g/mol. The van der Waals surface area contributed by atoms with E-state index in [-0.39, 0.29) is 10.8 Å². The van der Waals surface area contributed by atoms with Crippen LogP contribution in [0.3, 0.4) is 0 Å². The van der Waals surface area contributed by atoms with Crippen molar-refractivity contribution in [3.8, 4) is 0 Å². The summed E-state index contributed by atoms with van der Waals surface area (Å²) in [6.45, 7) is 9.94. The molecule has 1 aliphatic rings. The van der Waals surface area contributed by atoms with Gasteiger partial charge >= 0.3 is 0 Å². The Kier molecular flexibility index (Phi) is 5.20. The van der Waals surface area contributed by atoms with E-state index < -0.39 is 11.4 Å². The number of piperidine rings is 1. The van der Waals surface area contributed by atoms with E-state index in [1.807, 2.05) is 44.2 Å². The second-order valence-corrected chi connectivity index (χ2v) is 10.4. The van der Waals surface area contributed by atoms with Crippen LogP contribution in [0, 0.1) is 0 Å². The number of nitrogens with one attached hydrogen (secondary N) is 1. The molecule has 2 aromatic heterocycles. The van der Waals surface area contributed by atoms with E-state index in [2.05, 4.69) is 25.9 Å². The van der Waals surface area contributed by atoms with Crippen molar-refractivity contribution >= 4 is 33.9 Å². The van der Waals surface area contributed by atoms with Gasteiger partial charge in [0.05, 0.1) is 11.6 Å². The van der Waals surface area contributed by atoms with Crippen molar-refractivity contribution in [3.63, 3.8) is 0 Å². The minimum absolute atomic E-state index is 0.101. The first kappa shape index (κ1) is 19.4. The zero-order chi connectivity index (χ0) is 19.9. The lowest BCUT2D eigenvalue weighted by Crippen LogP contribution is -2.40. The number of fused-ring (bicyclic) bond motifs is 3. The maximum Gasteiger partial charge on any atom is 0.213 e. The monoisotopic (exact) mass is 400 g/mol. The summed E-state index contributed by atoms with van der Waals surface area (Å²) in [5.74, 6) is 0.892. The van der Waals surface area contributed by atoms with Crippen molar-refractivity contribution in [3.05, 3.63) is 30.1 Å². The molecule has 28 heavy (non-hydrogen) atoms. The molecule has 7 nitrogen and oxygen atoms in total. The van der Waals surface area contributed by atoms with Crippen LogP contribution < -0.4 is 9.62 Å². The summed E-state index contributed by atoms with van der Waals surface area (Å²) in [5, 5.41) is 9.48. The van der Waals surface area contributed by atoms with Gasteiger partial charge in [-0.05, 0) is 58.6 Å². The van der Waals surface area contributed by atoms with Gasteiger partial charge in [-0.1, -0.05) is 12.1 Å². The quantitative estimate of drug-likeness (QED) is 0.676. The summed E-state index contributed by atoms with van der Waals surface area (Å²) in [7, 11) is 0. The molecule has 4 rings (SSSR count). The third-order valence-corrected chi connectivity index (χ3v) is 6.91. The average Bonchev–Trinajstić information content (AvgIpc) is 3.17. The summed E-state index contributed by atoms with van der Waals surface area (Å²) in [6.07, 6.45) is 5.36. The van der Waals surface area contributed by atoms with Crippen molar-refractivity contribution in [2.24, 2.45) is 0 Å². The molecule has 3 aromatic rings. The molecule has 2 atom stereocenters. The second-order valence-electron chi connectivity index (χ2n) is 8.45. The fourth-order valence-electron chi connectivity index (χ4n) is 3.65. The van der Waals surface area contributed by atoms with Crippen molar-refractivity contribution < 1.29 is 4.55 Å². The fourth-order valence-corrected chi connectivity index (χ4v) is 4.45. The highest BCUT2D eigenvalue weighted by molar-refractivity contribution is 7.90. The van der Waals surface area contributed by atoms with Gasteiger partial charge in [0, 0.05) is 29.8 Å². The number of nitrogens with zero attached hydrogens (tertiary/aromatic N) is 5. The first-order chi connectivity index (χ1) is 13.4. The Morgan fingerprint density at radius 1 is 1.18 bits per heavy atom. The molecule has 0 spiro atoms. The lowest BCUT2D eigenvalue weighted by molar-refractivity contribution is 0.531. The topological polar surface area (TPSA) is 81.4 Å². The summed E-state index contributed by atoms with van der Waals surface area (Å²) in [6, 6.07) is 5.99. The van der Waals surface area contributed by atoms with Gasteiger partial charge in [0.15, 0.2) is 5.65 Å². The van der Waals surface area contributed by atoms with Crippen molar-refractivity contribution in [2.45, 2.75) is 57.7 Å². The zero-order valence-electron chi connectivity index (χ0n) is 17.0. The van der Waals surface area contributed by atoms with E-state index >= 15 is 0 Å². The van der Waals surface area contributed by atoms with Crippen LogP contribution in [0.4, 0.5) is 5.95 Å². The summed E-state index contributed by atoms with van der Waals surface area (Å²) in [4.78, 5) is 7.38. The van der Waals surface area contributed by atoms with E-state index in [1.54, 1.807) is 6.33 Å². The van der Waals surface area contributed by atoms with E-state index in [0.29, 0.717) is 0 Å². The van der Waals surface area contributed by atoms with Gasteiger partial charge in [-0.2, -0.15) is 0 Å². The maximum absolute atomic E-state index is 12.6. The SMILES string of the molecule is C[C@@H](N[S@+]([O-])C(C)(C)C)c1cccc2c1nc(N1CCCCC1)n1cnnc21. The Labute approximate surface area is 168 Å². The van der Waals surface area contributed by atoms with Crippen molar-refractivity contribution in [2.75, 3.05) is 18.0 Å². The lowest BCUT2D eigenvalue weighted by Gasteiger charge is -2.29. The molecule has 0 saturated carbocycles. The molecule has 0 amide bonds. The van der Waals surface area contributed by atoms with E-state index in [4.69, 9.17) is 4.98 Å². The van der Waals surface area contributed by atoms with Crippen molar-refractivity contribution in [1.29, 1.82) is 0 Å². The van der Waals surface area contributed by atoms with Crippen LogP contribution in [0.15, 0.2) is 24.5 Å². The standard InChI is InChI=1S/C20H28N6OS/c1-14(24-28(27)20(2,3)4)15-9-8-10-16-17(15)22-19(25-11-6-5-7-12-25)26-13-21-23-18(16)26/h8-10,13-14,24H,5-7,11-12H2,1-4H3/t14-,28-/m1/s1.